The van der Waals surface area contributed by atoms with Crippen molar-refractivity contribution in [3.8, 4) is 0 Å². The number of hydrogen-bond donors (Lipinski definition) is 3. The van der Waals surface area contributed by atoms with Gasteiger partial charge in [0.05, 0.1) is 11.5 Å². The SMILES string of the molecule is C=C/C=C(\C=C(\N)CCCC(=C)C1=CC=C(NC)CC1)OCC(O)COS(=O)(=O)c1ccc(C)cc1. The molecule has 0 aromatic heterocycles. The Morgan fingerprint density at radius 1 is 1.19 bits per heavy atom. The van der Waals surface area contributed by atoms with Crippen molar-refractivity contribution in [1.29, 1.82) is 0 Å². The first kappa shape index (κ1) is 29.2. The van der Waals surface area contributed by atoms with Crippen molar-refractivity contribution in [2.45, 2.75) is 50.0 Å². The average molecular weight is 515 g/mol. The molecular formula is C28H38N2O5S. The molecule has 1 aliphatic rings. The van der Waals surface area contributed by atoms with E-state index in [0.717, 1.165) is 36.8 Å². The Hall–Kier alpha value is -3.07. The molecule has 0 heterocycles. The summed E-state index contributed by atoms with van der Waals surface area (Å²) in [5, 5.41) is 13.3. The molecule has 0 aliphatic heterocycles. The van der Waals surface area contributed by atoms with Crippen LogP contribution in [0.25, 0.3) is 0 Å². The number of nitrogens with two attached hydrogens (primary N) is 1. The van der Waals surface area contributed by atoms with Crippen molar-refractivity contribution in [3.05, 3.63) is 102 Å². The summed E-state index contributed by atoms with van der Waals surface area (Å²) in [6.45, 7) is 9.15. The molecule has 1 unspecified atom stereocenters. The van der Waals surface area contributed by atoms with Crippen LogP contribution in [-0.4, -0.2) is 39.9 Å². The molecule has 0 radical (unpaired) electrons. The minimum absolute atomic E-state index is 0.0332. The highest BCUT2D eigenvalue weighted by atomic mass is 32.2. The molecule has 1 aromatic carbocycles. The summed E-state index contributed by atoms with van der Waals surface area (Å²) in [4.78, 5) is 0.0332. The Morgan fingerprint density at radius 2 is 1.92 bits per heavy atom. The first-order valence-corrected chi connectivity index (χ1v) is 13.4. The van der Waals surface area contributed by atoms with Gasteiger partial charge in [0, 0.05) is 18.4 Å². The van der Waals surface area contributed by atoms with E-state index < -0.39 is 22.8 Å². The Balaban J connectivity index is 1.80. The molecule has 196 valence electrons. The molecule has 8 heteroatoms. The van der Waals surface area contributed by atoms with Crippen molar-refractivity contribution < 1.29 is 22.4 Å². The number of allylic oxidation sites excluding steroid dienone is 9. The van der Waals surface area contributed by atoms with E-state index in [9.17, 15) is 13.5 Å². The number of aliphatic hydroxyl groups is 1. The molecule has 1 aromatic rings. The van der Waals surface area contributed by atoms with Crippen LogP contribution in [0.4, 0.5) is 0 Å². The maximum absolute atomic E-state index is 12.3. The highest BCUT2D eigenvalue weighted by molar-refractivity contribution is 7.86. The summed E-state index contributed by atoms with van der Waals surface area (Å²) in [6.07, 6.45) is 12.2. The minimum Gasteiger partial charge on any atom is -0.491 e. The van der Waals surface area contributed by atoms with E-state index in [4.69, 9.17) is 14.7 Å². The molecular weight excluding hydrogens is 476 g/mol. The van der Waals surface area contributed by atoms with Gasteiger partial charge >= 0.3 is 0 Å². The Labute approximate surface area is 215 Å². The quantitative estimate of drug-likeness (QED) is 0.179. The first-order valence-electron chi connectivity index (χ1n) is 12.0. The lowest BCUT2D eigenvalue weighted by molar-refractivity contribution is 0.0422. The summed E-state index contributed by atoms with van der Waals surface area (Å²) < 4.78 is 35.1. The van der Waals surface area contributed by atoms with E-state index >= 15 is 0 Å². The molecule has 0 saturated heterocycles. The molecule has 2 rings (SSSR count). The average Bonchev–Trinajstić information content (AvgIpc) is 2.86. The predicted molar refractivity (Wildman–Crippen MR) is 144 cm³/mol. The Morgan fingerprint density at radius 3 is 2.53 bits per heavy atom. The van der Waals surface area contributed by atoms with Crippen LogP contribution >= 0.6 is 0 Å². The normalized spacial score (nSPS) is 15.5. The molecule has 4 N–H and O–H groups in total. The molecule has 36 heavy (non-hydrogen) atoms. The molecule has 0 spiro atoms. The molecule has 0 amide bonds. The highest BCUT2D eigenvalue weighted by Crippen LogP contribution is 2.25. The smallest absolute Gasteiger partial charge is 0.297 e. The number of nitrogens with one attached hydrogen (secondary N) is 1. The number of aryl methyl sites for hydroxylation is 1. The van der Waals surface area contributed by atoms with Crippen molar-refractivity contribution in [1.82, 2.24) is 5.32 Å². The van der Waals surface area contributed by atoms with Gasteiger partial charge in [-0.1, -0.05) is 48.6 Å². The van der Waals surface area contributed by atoms with Gasteiger partial charge in [0.1, 0.15) is 18.5 Å². The van der Waals surface area contributed by atoms with Gasteiger partial charge in [0.25, 0.3) is 10.1 Å². The summed E-state index contributed by atoms with van der Waals surface area (Å²) in [5.74, 6) is 0.418. The summed E-state index contributed by atoms with van der Waals surface area (Å²) >= 11 is 0. The lowest BCUT2D eigenvalue weighted by atomic mass is 9.93. The molecule has 0 saturated carbocycles. The summed E-state index contributed by atoms with van der Waals surface area (Å²) in [6, 6.07) is 6.28. The third-order valence-electron chi connectivity index (χ3n) is 5.65. The fraction of sp³-hybridized carbons (Fsp3) is 0.357. The van der Waals surface area contributed by atoms with Gasteiger partial charge in [-0.05, 0) is 75.0 Å². The minimum atomic E-state index is -3.97. The van der Waals surface area contributed by atoms with E-state index in [1.165, 1.54) is 23.4 Å². The van der Waals surface area contributed by atoms with Crippen LogP contribution in [0.3, 0.4) is 0 Å². The van der Waals surface area contributed by atoms with E-state index in [-0.39, 0.29) is 11.5 Å². The van der Waals surface area contributed by atoms with Crippen LogP contribution in [0.5, 0.6) is 0 Å². The van der Waals surface area contributed by atoms with Gasteiger partial charge in [-0.25, -0.2) is 0 Å². The van der Waals surface area contributed by atoms with Gasteiger partial charge in [-0.2, -0.15) is 8.42 Å². The van der Waals surface area contributed by atoms with Gasteiger partial charge < -0.3 is 20.9 Å². The Kier molecular flexibility index (Phi) is 11.7. The van der Waals surface area contributed by atoms with Crippen molar-refractivity contribution in [2.24, 2.45) is 5.73 Å². The maximum atomic E-state index is 12.3. The third kappa shape index (κ3) is 9.89. The van der Waals surface area contributed by atoms with E-state index in [0.29, 0.717) is 17.9 Å². The Bertz CT molecular complexity index is 1130. The van der Waals surface area contributed by atoms with Crippen LogP contribution in [0.1, 0.15) is 37.7 Å². The second-order valence-electron chi connectivity index (χ2n) is 8.63. The van der Waals surface area contributed by atoms with Crippen molar-refractivity contribution in [2.75, 3.05) is 20.3 Å². The first-order chi connectivity index (χ1) is 17.1. The predicted octanol–water partition coefficient (Wildman–Crippen LogP) is 4.54. The largest absolute Gasteiger partial charge is 0.491 e. The van der Waals surface area contributed by atoms with E-state index in [1.54, 1.807) is 30.4 Å². The maximum Gasteiger partial charge on any atom is 0.297 e. The van der Waals surface area contributed by atoms with Crippen LogP contribution in [0.15, 0.2) is 101 Å². The fourth-order valence-corrected chi connectivity index (χ4v) is 4.44. The number of benzene rings is 1. The van der Waals surface area contributed by atoms with E-state index in [2.05, 4.69) is 30.6 Å². The van der Waals surface area contributed by atoms with Crippen molar-refractivity contribution >= 4 is 10.1 Å². The fourth-order valence-electron chi connectivity index (χ4n) is 3.50. The van der Waals surface area contributed by atoms with Gasteiger partial charge in [-0.3, -0.25) is 4.18 Å². The third-order valence-corrected chi connectivity index (χ3v) is 6.94. The number of ether oxygens (including phenoxy) is 1. The topological polar surface area (TPSA) is 111 Å². The number of hydrogen-bond acceptors (Lipinski definition) is 7. The second kappa shape index (κ2) is 14.5. The van der Waals surface area contributed by atoms with Crippen molar-refractivity contribution in [3.63, 3.8) is 0 Å². The van der Waals surface area contributed by atoms with Gasteiger partial charge in [-0.15, -0.1) is 0 Å². The van der Waals surface area contributed by atoms with Crippen LogP contribution in [0, 0.1) is 6.92 Å². The second-order valence-corrected chi connectivity index (χ2v) is 10.2. The standard InChI is InChI=1S/C28H38N2O5S/c1-5-7-27(18-24(29)9-6-8-22(3)23-12-14-25(30-4)15-13-23)34-19-26(31)20-35-36(32,33)28-16-10-21(2)11-17-28/h5,7,10-12,14,16-18,26,30-31H,1,3,6,8-9,13,15,19-20,29H2,2,4H3/b24-18+,27-7+. The molecule has 1 aliphatic carbocycles. The lowest BCUT2D eigenvalue weighted by Crippen LogP contribution is -2.23. The highest BCUT2D eigenvalue weighted by Gasteiger charge is 2.18. The monoisotopic (exact) mass is 514 g/mol. The van der Waals surface area contributed by atoms with Crippen LogP contribution in [0.2, 0.25) is 0 Å². The number of rotatable bonds is 15. The summed E-state index contributed by atoms with van der Waals surface area (Å²) in [5.41, 5.74) is 11.4. The molecule has 7 nitrogen and oxygen atoms in total. The zero-order valence-corrected chi connectivity index (χ0v) is 22.0. The number of aliphatic hydroxyl groups excluding tert-OH is 1. The molecule has 1 atom stereocenters. The molecule has 0 fully saturated rings. The van der Waals surface area contributed by atoms with E-state index in [1.807, 2.05) is 14.0 Å². The zero-order valence-electron chi connectivity index (χ0n) is 21.2. The lowest BCUT2D eigenvalue weighted by Gasteiger charge is -2.16. The van der Waals surface area contributed by atoms with Gasteiger partial charge in [0.2, 0.25) is 0 Å². The van der Waals surface area contributed by atoms with Crippen LogP contribution < -0.4 is 11.1 Å². The zero-order chi connectivity index (χ0) is 26.6. The van der Waals surface area contributed by atoms with Gasteiger partial charge in [0.15, 0.2) is 0 Å². The van der Waals surface area contributed by atoms with Crippen LogP contribution in [-0.2, 0) is 19.0 Å². The summed E-state index contributed by atoms with van der Waals surface area (Å²) in [7, 11) is -2.04. The molecule has 0 bridgehead atoms.